The lowest BCUT2D eigenvalue weighted by molar-refractivity contribution is -0.196. The molecule has 0 aromatic heterocycles. The number of hydrogen-bond donors (Lipinski definition) is 0. The molecule has 0 N–H and O–H groups in total. The highest BCUT2D eigenvalue weighted by Crippen LogP contribution is 2.28. The van der Waals surface area contributed by atoms with E-state index < -0.39 is 42.5 Å². The Morgan fingerprint density at radius 1 is 1.00 bits per heavy atom. The van der Waals surface area contributed by atoms with Crippen LogP contribution in [0.2, 0.25) is 0 Å². The Balaban J connectivity index is 2.04. The Morgan fingerprint density at radius 3 is 2.20 bits per heavy atom. The summed E-state index contributed by atoms with van der Waals surface area (Å²) in [6.45, 7) is 2.28. The van der Waals surface area contributed by atoms with Crippen molar-refractivity contribution in [3.05, 3.63) is 35.9 Å². The summed E-state index contributed by atoms with van der Waals surface area (Å²) >= 11 is 0. The Hall–Kier alpha value is -2.45. The molecule has 1 heterocycles. The van der Waals surface area contributed by atoms with E-state index in [0.29, 0.717) is 5.56 Å². The van der Waals surface area contributed by atoms with Gasteiger partial charge in [0, 0.05) is 21.0 Å². The van der Waals surface area contributed by atoms with Crippen molar-refractivity contribution in [1.29, 1.82) is 0 Å². The predicted octanol–water partition coefficient (Wildman–Crippen LogP) is 1.08. The molecule has 4 atom stereocenters. The second-order valence-electron chi connectivity index (χ2n) is 5.39. The minimum atomic E-state index is -1.13. The number of hydrogen-bond acceptors (Lipinski definition) is 8. The van der Waals surface area contributed by atoms with Crippen molar-refractivity contribution in [3.8, 4) is 0 Å². The van der Waals surface area contributed by atoms with Gasteiger partial charge in [-0.05, 0) is 12.1 Å². The van der Waals surface area contributed by atoms with Crippen molar-refractivity contribution in [2.45, 2.75) is 38.4 Å². The largest absolute Gasteiger partial charge is 0.459 e. The maximum absolute atomic E-state index is 12.0. The van der Waals surface area contributed by atoms with Crippen LogP contribution in [-0.4, -0.2) is 56.2 Å². The summed E-state index contributed by atoms with van der Waals surface area (Å²) < 4.78 is 26.2. The fourth-order valence-electron chi connectivity index (χ4n) is 2.50. The van der Waals surface area contributed by atoms with Crippen molar-refractivity contribution in [2.75, 3.05) is 13.7 Å². The molecule has 1 aliphatic heterocycles. The first-order valence-electron chi connectivity index (χ1n) is 7.67. The molecule has 25 heavy (non-hydrogen) atoms. The van der Waals surface area contributed by atoms with Gasteiger partial charge in [0.15, 0.2) is 6.10 Å². The number of esters is 3. The van der Waals surface area contributed by atoms with E-state index in [1.807, 2.05) is 0 Å². The third-order valence-corrected chi connectivity index (χ3v) is 3.51. The van der Waals surface area contributed by atoms with E-state index in [1.165, 1.54) is 21.0 Å². The van der Waals surface area contributed by atoms with Gasteiger partial charge >= 0.3 is 17.9 Å². The number of benzene rings is 1. The van der Waals surface area contributed by atoms with Gasteiger partial charge in [-0.15, -0.1) is 0 Å². The number of ether oxygens (including phenoxy) is 5. The normalized spacial score (nSPS) is 25.2. The molecule has 0 bridgehead atoms. The summed E-state index contributed by atoms with van der Waals surface area (Å²) in [4.78, 5) is 34.5. The maximum Gasteiger partial charge on any atom is 0.338 e. The molecule has 8 nitrogen and oxygen atoms in total. The Morgan fingerprint density at radius 2 is 1.64 bits per heavy atom. The third-order valence-electron chi connectivity index (χ3n) is 3.51. The number of rotatable bonds is 6. The SMILES string of the molecule is CO[C@@H]1[C@@H](OC(C)=O)[C@@H](OC(C)=O)O[C@@H]1COC(=O)c1ccccc1. The summed E-state index contributed by atoms with van der Waals surface area (Å²) in [6.07, 6.45) is -3.60. The average Bonchev–Trinajstić information content (AvgIpc) is 2.88. The predicted molar refractivity (Wildman–Crippen MR) is 83.5 cm³/mol. The third kappa shape index (κ3) is 5.01. The van der Waals surface area contributed by atoms with Gasteiger partial charge < -0.3 is 23.7 Å². The van der Waals surface area contributed by atoms with Crippen molar-refractivity contribution >= 4 is 17.9 Å². The molecule has 0 radical (unpaired) electrons. The summed E-state index contributed by atoms with van der Waals surface area (Å²) in [7, 11) is 1.40. The molecule has 1 saturated heterocycles. The van der Waals surface area contributed by atoms with Crippen LogP contribution in [0, 0.1) is 0 Å². The van der Waals surface area contributed by atoms with Gasteiger partial charge in [0.1, 0.15) is 18.8 Å². The van der Waals surface area contributed by atoms with Gasteiger partial charge in [0.05, 0.1) is 5.56 Å². The fraction of sp³-hybridized carbons (Fsp3) is 0.471. The molecule has 1 aliphatic rings. The topological polar surface area (TPSA) is 97.4 Å². The van der Waals surface area contributed by atoms with Crippen LogP contribution in [0.3, 0.4) is 0 Å². The van der Waals surface area contributed by atoms with Crippen LogP contribution in [0.15, 0.2) is 30.3 Å². The van der Waals surface area contributed by atoms with Crippen LogP contribution in [0.5, 0.6) is 0 Å². The molecular formula is C17H20O8. The number of carbonyl (C=O) groups is 3. The summed E-state index contributed by atoms with van der Waals surface area (Å²) in [5, 5.41) is 0. The fourth-order valence-corrected chi connectivity index (χ4v) is 2.50. The zero-order chi connectivity index (χ0) is 18.4. The molecule has 8 heteroatoms. The highest BCUT2D eigenvalue weighted by Gasteiger charge is 2.49. The number of carbonyl (C=O) groups excluding carboxylic acids is 3. The Labute approximate surface area is 144 Å². The van der Waals surface area contributed by atoms with Crippen LogP contribution < -0.4 is 0 Å². The van der Waals surface area contributed by atoms with E-state index in [1.54, 1.807) is 30.3 Å². The van der Waals surface area contributed by atoms with Crippen LogP contribution in [0.25, 0.3) is 0 Å². The van der Waals surface area contributed by atoms with Gasteiger partial charge in [0.2, 0.25) is 6.29 Å². The van der Waals surface area contributed by atoms with E-state index in [9.17, 15) is 14.4 Å². The highest BCUT2D eigenvalue weighted by molar-refractivity contribution is 5.89. The first kappa shape index (κ1) is 18.9. The molecule has 0 amide bonds. The first-order chi connectivity index (χ1) is 11.9. The molecule has 136 valence electrons. The smallest absolute Gasteiger partial charge is 0.338 e. The van der Waals surface area contributed by atoms with E-state index in [2.05, 4.69) is 0 Å². The monoisotopic (exact) mass is 352 g/mol. The standard InChI is InChI=1S/C17H20O8/c1-10(18)23-15-14(21-3)13(25-17(15)24-11(2)19)9-22-16(20)12-7-5-4-6-8-12/h4-8,13-15,17H,9H2,1-3H3/t13-,14+,15-,17+/m1/s1. The minimum absolute atomic E-state index is 0.151. The molecule has 0 spiro atoms. The van der Waals surface area contributed by atoms with Gasteiger partial charge in [0.25, 0.3) is 0 Å². The number of methoxy groups -OCH3 is 1. The second-order valence-corrected chi connectivity index (χ2v) is 5.39. The van der Waals surface area contributed by atoms with Gasteiger partial charge in [-0.2, -0.15) is 0 Å². The molecule has 0 saturated carbocycles. The van der Waals surface area contributed by atoms with E-state index in [-0.39, 0.29) is 6.61 Å². The molecule has 0 unspecified atom stereocenters. The van der Waals surface area contributed by atoms with Crippen LogP contribution >= 0.6 is 0 Å². The molecule has 0 aliphatic carbocycles. The molecular weight excluding hydrogens is 332 g/mol. The van der Waals surface area contributed by atoms with Gasteiger partial charge in [-0.25, -0.2) is 4.79 Å². The summed E-state index contributed by atoms with van der Waals surface area (Å²) in [5.41, 5.74) is 0.391. The Bertz CT molecular complexity index is 614. The first-order valence-corrected chi connectivity index (χ1v) is 7.67. The summed E-state index contributed by atoms with van der Waals surface area (Å²) in [5.74, 6) is -1.70. The van der Waals surface area contributed by atoms with Gasteiger partial charge in [-0.3, -0.25) is 9.59 Å². The van der Waals surface area contributed by atoms with Crippen LogP contribution in [-0.2, 0) is 33.3 Å². The lowest BCUT2D eigenvalue weighted by atomic mass is 10.1. The lowest BCUT2D eigenvalue weighted by Gasteiger charge is -2.21. The van der Waals surface area contributed by atoms with E-state index >= 15 is 0 Å². The quantitative estimate of drug-likeness (QED) is 0.554. The molecule has 1 aromatic rings. The van der Waals surface area contributed by atoms with Gasteiger partial charge in [-0.1, -0.05) is 18.2 Å². The highest BCUT2D eigenvalue weighted by atomic mass is 16.7. The molecule has 2 rings (SSSR count). The second kappa shape index (κ2) is 8.59. The van der Waals surface area contributed by atoms with E-state index in [0.717, 1.165) is 0 Å². The van der Waals surface area contributed by atoms with Crippen molar-refractivity contribution in [2.24, 2.45) is 0 Å². The zero-order valence-electron chi connectivity index (χ0n) is 14.2. The average molecular weight is 352 g/mol. The van der Waals surface area contributed by atoms with Crippen molar-refractivity contribution in [1.82, 2.24) is 0 Å². The van der Waals surface area contributed by atoms with E-state index in [4.69, 9.17) is 23.7 Å². The maximum atomic E-state index is 12.0. The Kier molecular flexibility index (Phi) is 6.49. The van der Waals surface area contributed by atoms with Crippen molar-refractivity contribution < 1.29 is 38.1 Å². The van der Waals surface area contributed by atoms with Crippen LogP contribution in [0.1, 0.15) is 24.2 Å². The zero-order valence-corrected chi connectivity index (χ0v) is 14.2. The van der Waals surface area contributed by atoms with Crippen molar-refractivity contribution in [3.63, 3.8) is 0 Å². The van der Waals surface area contributed by atoms with Crippen LogP contribution in [0.4, 0.5) is 0 Å². The molecule has 1 fully saturated rings. The minimum Gasteiger partial charge on any atom is -0.459 e. The summed E-state index contributed by atoms with van der Waals surface area (Å²) in [6, 6.07) is 8.46. The lowest BCUT2D eigenvalue weighted by Crippen LogP contribution is -2.40. The molecule has 1 aromatic carbocycles.